The lowest BCUT2D eigenvalue weighted by atomic mass is 10.1. The molecule has 0 amide bonds. The molecule has 0 atom stereocenters. The molecule has 2 aromatic heterocycles. The molecule has 0 aliphatic rings. The van der Waals surface area contributed by atoms with Gasteiger partial charge in [0, 0.05) is 5.56 Å². The molecule has 0 spiro atoms. The summed E-state index contributed by atoms with van der Waals surface area (Å²) in [6.07, 6.45) is 1.66. The van der Waals surface area contributed by atoms with E-state index in [9.17, 15) is 5.11 Å². The van der Waals surface area contributed by atoms with Crippen LogP contribution in [0.3, 0.4) is 0 Å². The third-order valence-electron chi connectivity index (χ3n) is 2.95. The van der Waals surface area contributed by atoms with E-state index >= 15 is 0 Å². The Morgan fingerprint density at radius 2 is 1.90 bits per heavy atom. The van der Waals surface area contributed by atoms with Crippen LogP contribution in [-0.2, 0) is 12.1 Å². The molecule has 3 aromatic rings. The second-order valence-electron chi connectivity index (χ2n) is 5.23. The highest BCUT2D eigenvalue weighted by Gasteiger charge is 2.20. The number of rotatable bonds is 4. The topological polar surface area (TPSA) is 89.9 Å². The first-order valence-electron chi connectivity index (χ1n) is 6.53. The SMILES string of the molecule is CC(C)(O)c1cn(Cc2nnc(-c3ccccc3)o2)nn1. The third-order valence-corrected chi connectivity index (χ3v) is 2.95. The van der Waals surface area contributed by atoms with Crippen LogP contribution in [0.4, 0.5) is 0 Å². The van der Waals surface area contributed by atoms with Crippen molar-refractivity contribution in [1.29, 1.82) is 0 Å². The maximum Gasteiger partial charge on any atom is 0.247 e. The maximum absolute atomic E-state index is 9.85. The van der Waals surface area contributed by atoms with Crippen molar-refractivity contribution in [2.45, 2.75) is 26.0 Å². The van der Waals surface area contributed by atoms with Gasteiger partial charge in [-0.2, -0.15) is 0 Å². The van der Waals surface area contributed by atoms with E-state index in [4.69, 9.17) is 4.42 Å². The van der Waals surface area contributed by atoms with Gasteiger partial charge in [-0.1, -0.05) is 23.4 Å². The highest BCUT2D eigenvalue weighted by molar-refractivity contribution is 5.51. The summed E-state index contributed by atoms with van der Waals surface area (Å²) in [7, 11) is 0. The van der Waals surface area contributed by atoms with Crippen molar-refractivity contribution < 1.29 is 9.52 Å². The van der Waals surface area contributed by atoms with Crippen LogP contribution in [0.5, 0.6) is 0 Å². The van der Waals surface area contributed by atoms with Crippen LogP contribution in [0.15, 0.2) is 40.9 Å². The molecule has 0 bridgehead atoms. The summed E-state index contributed by atoms with van der Waals surface area (Å²) in [5.41, 5.74) is 0.333. The van der Waals surface area contributed by atoms with Crippen LogP contribution in [0.1, 0.15) is 25.4 Å². The van der Waals surface area contributed by atoms with Crippen molar-refractivity contribution in [3.63, 3.8) is 0 Å². The van der Waals surface area contributed by atoms with Gasteiger partial charge < -0.3 is 9.52 Å². The number of benzene rings is 1. The van der Waals surface area contributed by atoms with Crippen LogP contribution in [0.2, 0.25) is 0 Å². The standard InChI is InChI=1S/C14H15N5O2/c1-14(2,20)11-8-19(18-15-11)9-12-16-17-13(21-12)10-6-4-3-5-7-10/h3-8,20H,9H2,1-2H3. The van der Waals surface area contributed by atoms with Gasteiger partial charge in [-0.3, -0.25) is 0 Å². The van der Waals surface area contributed by atoms with Crippen LogP contribution in [0.25, 0.3) is 11.5 Å². The quantitative estimate of drug-likeness (QED) is 0.783. The molecule has 7 heteroatoms. The second-order valence-corrected chi connectivity index (χ2v) is 5.23. The van der Waals surface area contributed by atoms with E-state index in [1.54, 1.807) is 24.7 Å². The highest BCUT2D eigenvalue weighted by atomic mass is 16.4. The lowest BCUT2D eigenvalue weighted by Gasteiger charge is -2.11. The average Bonchev–Trinajstić information content (AvgIpc) is 3.09. The Morgan fingerprint density at radius 1 is 1.14 bits per heavy atom. The Morgan fingerprint density at radius 3 is 2.57 bits per heavy atom. The van der Waals surface area contributed by atoms with Crippen LogP contribution in [-0.4, -0.2) is 30.3 Å². The van der Waals surface area contributed by atoms with Gasteiger partial charge in [0.15, 0.2) is 0 Å². The molecule has 0 aliphatic heterocycles. The smallest absolute Gasteiger partial charge is 0.247 e. The zero-order valence-corrected chi connectivity index (χ0v) is 11.8. The molecular weight excluding hydrogens is 270 g/mol. The Kier molecular flexibility index (Phi) is 3.26. The van der Waals surface area contributed by atoms with E-state index in [1.165, 1.54) is 0 Å². The molecule has 1 aromatic carbocycles. The largest absolute Gasteiger partial charge is 0.419 e. The molecule has 0 saturated carbocycles. The van der Waals surface area contributed by atoms with Crippen LogP contribution < -0.4 is 0 Å². The molecule has 21 heavy (non-hydrogen) atoms. The molecule has 0 radical (unpaired) electrons. The summed E-state index contributed by atoms with van der Waals surface area (Å²) in [5.74, 6) is 0.898. The van der Waals surface area contributed by atoms with Gasteiger partial charge >= 0.3 is 0 Å². The molecule has 0 saturated heterocycles. The van der Waals surface area contributed by atoms with Crippen LogP contribution in [0, 0.1) is 0 Å². The molecule has 108 valence electrons. The van der Waals surface area contributed by atoms with Gasteiger partial charge in [0.05, 0.1) is 6.20 Å². The minimum atomic E-state index is -1.03. The monoisotopic (exact) mass is 285 g/mol. The third kappa shape index (κ3) is 2.97. The Labute approximate surface area is 121 Å². The molecule has 3 rings (SSSR count). The minimum Gasteiger partial charge on any atom is -0.419 e. The fourth-order valence-corrected chi connectivity index (χ4v) is 1.81. The lowest BCUT2D eigenvalue weighted by molar-refractivity contribution is 0.0737. The van der Waals surface area contributed by atoms with Crippen molar-refractivity contribution in [2.75, 3.05) is 0 Å². The fourth-order valence-electron chi connectivity index (χ4n) is 1.81. The first kappa shape index (κ1) is 13.4. The number of nitrogens with zero attached hydrogens (tertiary/aromatic N) is 5. The van der Waals surface area contributed by atoms with E-state index in [0.717, 1.165) is 5.56 Å². The van der Waals surface area contributed by atoms with Crippen molar-refractivity contribution >= 4 is 0 Å². The second kappa shape index (κ2) is 5.10. The highest BCUT2D eigenvalue weighted by Crippen LogP contribution is 2.18. The number of hydrogen-bond donors (Lipinski definition) is 1. The normalized spacial score (nSPS) is 11.8. The lowest BCUT2D eigenvalue weighted by Crippen LogP contribution is -2.15. The summed E-state index contributed by atoms with van der Waals surface area (Å²) in [4.78, 5) is 0. The van der Waals surface area contributed by atoms with Gasteiger partial charge in [0.25, 0.3) is 0 Å². The summed E-state index contributed by atoms with van der Waals surface area (Å²) in [6.45, 7) is 3.62. The van der Waals surface area contributed by atoms with Gasteiger partial charge in [-0.05, 0) is 26.0 Å². The number of aromatic nitrogens is 5. The molecule has 0 aliphatic carbocycles. The predicted octanol–water partition coefficient (Wildman–Crippen LogP) is 1.60. The Hall–Kier alpha value is -2.54. The van der Waals surface area contributed by atoms with Gasteiger partial charge in [-0.25, -0.2) is 4.68 Å². The van der Waals surface area contributed by atoms with E-state index in [-0.39, 0.29) is 0 Å². The fraction of sp³-hybridized carbons (Fsp3) is 0.286. The molecule has 0 unspecified atom stereocenters. The zero-order valence-electron chi connectivity index (χ0n) is 11.8. The average molecular weight is 285 g/mol. The summed E-state index contributed by atoms with van der Waals surface area (Å²) in [5, 5.41) is 25.7. The summed E-state index contributed by atoms with van der Waals surface area (Å²) < 4.78 is 7.15. The van der Waals surface area contributed by atoms with Crippen LogP contribution >= 0.6 is 0 Å². The van der Waals surface area contributed by atoms with Gasteiger partial charge in [-0.15, -0.1) is 15.3 Å². The van der Waals surface area contributed by atoms with Crippen molar-refractivity contribution in [1.82, 2.24) is 25.2 Å². The predicted molar refractivity (Wildman–Crippen MR) is 74.1 cm³/mol. The number of hydrogen-bond acceptors (Lipinski definition) is 6. The van der Waals surface area contributed by atoms with E-state index < -0.39 is 5.60 Å². The Bertz CT molecular complexity index is 727. The number of aliphatic hydroxyl groups is 1. The molecule has 7 nitrogen and oxygen atoms in total. The first-order chi connectivity index (χ1) is 10.0. The van der Waals surface area contributed by atoms with E-state index in [1.807, 2.05) is 30.3 Å². The van der Waals surface area contributed by atoms with E-state index in [2.05, 4.69) is 20.5 Å². The van der Waals surface area contributed by atoms with Crippen molar-refractivity contribution in [3.05, 3.63) is 48.1 Å². The molecule has 1 N–H and O–H groups in total. The van der Waals surface area contributed by atoms with Crippen molar-refractivity contribution in [2.24, 2.45) is 0 Å². The summed E-state index contributed by atoms with van der Waals surface area (Å²) in [6, 6.07) is 9.55. The first-order valence-corrected chi connectivity index (χ1v) is 6.53. The van der Waals surface area contributed by atoms with Gasteiger partial charge in [0.2, 0.25) is 11.8 Å². The molecular formula is C14H15N5O2. The maximum atomic E-state index is 9.85. The Balaban J connectivity index is 1.77. The van der Waals surface area contributed by atoms with Gasteiger partial charge in [0.1, 0.15) is 17.8 Å². The van der Waals surface area contributed by atoms with E-state index in [0.29, 0.717) is 24.0 Å². The van der Waals surface area contributed by atoms with Crippen molar-refractivity contribution in [3.8, 4) is 11.5 Å². The molecule has 2 heterocycles. The summed E-state index contributed by atoms with van der Waals surface area (Å²) >= 11 is 0. The minimum absolute atomic E-state index is 0.308. The molecule has 0 fully saturated rings. The zero-order chi connectivity index (χ0) is 14.9.